The molecule has 0 bridgehead atoms. The summed E-state index contributed by atoms with van der Waals surface area (Å²) >= 11 is 2.11. The molecule has 1 aliphatic heterocycles. The van der Waals surface area contributed by atoms with Gasteiger partial charge in [-0.3, -0.25) is 4.99 Å². The van der Waals surface area contributed by atoms with Crippen molar-refractivity contribution in [2.75, 3.05) is 46.0 Å². The molecule has 2 unspecified atom stereocenters. The van der Waals surface area contributed by atoms with E-state index >= 15 is 0 Å². The molecule has 0 spiro atoms. The Balaban J connectivity index is 2.66. The van der Waals surface area contributed by atoms with E-state index in [1.54, 1.807) is 0 Å². The molecule has 1 rings (SSSR count). The van der Waals surface area contributed by atoms with Gasteiger partial charge in [-0.15, -0.1) is 0 Å². The summed E-state index contributed by atoms with van der Waals surface area (Å²) in [4.78, 5) is 9.49. The van der Waals surface area contributed by atoms with Crippen molar-refractivity contribution >= 4 is 17.7 Å². The average molecular weight is 301 g/mol. The van der Waals surface area contributed by atoms with E-state index < -0.39 is 0 Å². The molecule has 1 fully saturated rings. The Hall–Kier alpha value is -0.420. The van der Waals surface area contributed by atoms with Crippen LogP contribution >= 0.6 is 11.8 Å². The summed E-state index contributed by atoms with van der Waals surface area (Å²) in [6, 6.07) is 0.476. The Morgan fingerprint density at radius 3 is 2.65 bits per heavy atom. The number of rotatable bonds is 5. The van der Waals surface area contributed by atoms with Gasteiger partial charge in [0.25, 0.3) is 0 Å². The molecule has 4 nitrogen and oxygen atoms in total. The zero-order valence-electron chi connectivity index (χ0n) is 14.0. The molecule has 118 valence electrons. The fourth-order valence-electron chi connectivity index (χ4n) is 2.08. The first-order chi connectivity index (χ1) is 9.45. The van der Waals surface area contributed by atoms with Gasteiger partial charge in [0, 0.05) is 36.7 Å². The first kappa shape index (κ1) is 17.6. The molecule has 1 heterocycles. The molecule has 0 saturated carbocycles. The van der Waals surface area contributed by atoms with E-state index in [4.69, 9.17) is 4.99 Å². The summed E-state index contributed by atoms with van der Waals surface area (Å²) in [7, 11) is 4.22. The largest absolute Gasteiger partial charge is 0.357 e. The topological polar surface area (TPSA) is 30.9 Å². The predicted octanol–water partition coefficient (Wildman–Crippen LogP) is 1.98. The fraction of sp³-hybridized carbons (Fsp3) is 0.933. The van der Waals surface area contributed by atoms with E-state index in [0.29, 0.717) is 6.04 Å². The summed E-state index contributed by atoms with van der Waals surface area (Å²) in [6.07, 6.45) is 0. The lowest BCUT2D eigenvalue weighted by atomic mass is 10.1. The number of hydrogen-bond donors (Lipinski definition) is 1. The average Bonchev–Trinajstić information content (AvgIpc) is 2.43. The van der Waals surface area contributed by atoms with Crippen LogP contribution in [0.2, 0.25) is 0 Å². The summed E-state index contributed by atoms with van der Waals surface area (Å²) in [5, 5.41) is 4.18. The summed E-state index contributed by atoms with van der Waals surface area (Å²) < 4.78 is 0. The van der Waals surface area contributed by atoms with E-state index in [1.165, 1.54) is 5.75 Å². The van der Waals surface area contributed by atoms with Crippen molar-refractivity contribution in [3.63, 3.8) is 0 Å². The molecule has 0 aromatic carbocycles. The van der Waals surface area contributed by atoms with Crippen molar-refractivity contribution in [1.29, 1.82) is 0 Å². The van der Waals surface area contributed by atoms with Crippen LogP contribution in [0, 0.1) is 5.92 Å². The SMILES string of the molecule is CCNC(=NCC(C)N(C)C)N1CCSC(C(C)C)C1. The van der Waals surface area contributed by atoms with E-state index in [1.807, 2.05) is 0 Å². The van der Waals surface area contributed by atoms with Gasteiger partial charge in [0.05, 0.1) is 6.54 Å². The Kier molecular flexibility index (Phi) is 7.74. The summed E-state index contributed by atoms with van der Waals surface area (Å²) in [5.74, 6) is 3.02. The van der Waals surface area contributed by atoms with E-state index in [-0.39, 0.29) is 0 Å². The van der Waals surface area contributed by atoms with Gasteiger partial charge in [-0.25, -0.2) is 0 Å². The molecule has 0 aromatic rings. The lowest BCUT2D eigenvalue weighted by Crippen LogP contribution is -2.49. The van der Waals surface area contributed by atoms with Crippen molar-refractivity contribution in [1.82, 2.24) is 15.1 Å². The second-order valence-corrected chi connectivity index (χ2v) is 7.45. The minimum atomic E-state index is 0.476. The van der Waals surface area contributed by atoms with Crippen LogP contribution in [0.5, 0.6) is 0 Å². The van der Waals surface area contributed by atoms with Crippen LogP contribution < -0.4 is 5.32 Å². The number of guanidine groups is 1. The van der Waals surface area contributed by atoms with Gasteiger partial charge >= 0.3 is 0 Å². The van der Waals surface area contributed by atoms with Crippen LogP contribution in [0.15, 0.2) is 4.99 Å². The van der Waals surface area contributed by atoms with Crippen LogP contribution in [0.4, 0.5) is 0 Å². The lowest BCUT2D eigenvalue weighted by Gasteiger charge is -2.36. The number of nitrogens with zero attached hydrogens (tertiary/aromatic N) is 3. The summed E-state index contributed by atoms with van der Waals surface area (Å²) in [5.41, 5.74) is 0. The Bertz CT molecular complexity index is 304. The highest BCUT2D eigenvalue weighted by molar-refractivity contribution is 8.00. The fourth-order valence-corrected chi connectivity index (χ4v) is 3.38. The number of nitrogens with one attached hydrogen (secondary N) is 1. The first-order valence-corrected chi connectivity index (χ1v) is 8.81. The summed E-state index contributed by atoms with van der Waals surface area (Å²) in [6.45, 7) is 13.0. The van der Waals surface area contributed by atoms with E-state index in [9.17, 15) is 0 Å². The molecule has 2 atom stereocenters. The van der Waals surface area contributed by atoms with E-state index in [2.05, 4.69) is 68.7 Å². The third kappa shape index (κ3) is 5.52. The van der Waals surface area contributed by atoms with Crippen LogP contribution in [0.25, 0.3) is 0 Å². The highest BCUT2D eigenvalue weighted by atomic mass is 32.2. The van der Waals surface area contributed by atoms with Gasteiger partial charge < -0.3 is 15.1 Å². The first-order valence-electron chi connectivity index (χ1n) is 7.77. The standard InChI is InChI=1S/C15H32N4S/c1-7-16-15(17-10-13(4)18(5)6)19-8-9-20-14(11-19)12(2)3/h12-14H,7-11H2,1-6H3,(H,16,17). The zero-order valence-corrected chi connectivity index (χ0v) is 14.8. The van der Waals surface area contributed by atoms with Crippen molar-refractivity contribution in [3.05, 3.63) is 0 Å². The van der Waals surface area contributed by atoms with Crippen molar-refractivity contribution in [2.24, 2.45) is 10.9 Å². The molecule has 0 aliphatic carbocycles. The molecule has 1 saturated heterocycles. The van der Waals surface area contributed by atoms with Crippen molar-refractivity contribution in [2.45, 2.75) is 39.0 Å². The highest BCUT2D eigenvalue weighted by Gasteiger charge is 2.24. The Morgan fingerprint density at radius 1 is 1.40 bits per heavy atom. The third-order valence-electron chi connectivity index (χ3n) is 3.86. The van der Waals surface area contributed by atoms with Gasteiger partial charge in [-0.2, -0.15) is 11.8 Å². The van der Waals surface area contributed by atoms with Gasteiger partial charge in [0.15, 0.2) is 5.96 Å². The van der Waals surface area contributed by atoms with Crippen LogP contribution in [0.3, 0.4) is 0 Å². The molecule has 1 N–H and O–H groups in total. The molecule has 1 aliphatic rings. The monoisotopic (exact) mass is 300 g/mol. The molecule has 0 aromatic heterocycles. The molecule has 0 amide bonds. The smallest absolute Gasteiger partial charge is 0.194 e. The third-order valence-corrected chi connectivity index (χ3v) is 5.40. The van der Waals surface area contributed by atoms with Gasteiger partial charge in [-0.1, -0.05) is 13.8 Å². The second-order valence-electron chi connectivity index (χ2n) is 6.11. The van der Waals surface area contributed by atoms with Crippen LogP contribution in [-0.4, -0.2) is 73.1 Å². The number of likely N-dealkylation sites (N-methyl/N-ethyl adjacent to an activating group) is 1. The minimum absolute atomic E-state index is 0.476. The Morgan fingerprint density at radius 2 is 2.10 bits per heavy atom. The highest BCUT2D eigenvalue weighted by Crippen LogP contribution is 2.24. The number of hydrogen-bond acceptors (Lipinski definition) is 3. The maximum absolute atomic E-state index is 4.83. The molecular weight excluding hydrogens is 268 g/mol. The number of aliphatic imine (C=N–C) groups is 1. The van der Waals surface area contributed by atoms with Gasteiger partial charge in [-0.05, 0) is 33.9 Å². The predicted molar refractivity (Wildman–Crippen MR) is 91.8 cm³/mol. The quantitative estimate of drug-likeness (QED) is 0.621. The molecular formula is C15H32N4S. The molecule has 20 heavy (non-hydrogen) atoms. The minimum Gasteiger partial charge on any atom is -0.357 e. The van der Waals surface area contributed by atoms with Crippen LogP contribution in [-0.2, 0) is 0 Å². The maximum Gasteiger partial charge on any atom is 0.194 e. The maximum atomic E-state index is 4.83. The molecule has 0 radical (unpaired) electrons. The van der Waals surface area contributed by atoms with Crippen molar-refractivity contribution < 1.29 is 0 Å². The lowest BCUT2D eigenvalue weighted by molar-refractivity contribution is 0.317. The molecule has 5 heteroatoms. The normalized spacial score (nSPS) is 22.5. The van der Waals surface area contributed by atoms with Crippen LogP contribution in [0.1, 0.15) is 27.7 Å². The van der Waals surface area contributed by atoms with Gasteiger partial charge in [0.1, 0.15) is 0 Å². The van der Waals surface area contributed by atoms with E-state index in [0.717, 1.165) is 43.3 Å². The number of thioether (sulfide) groups is 1. The van der Waals surface area contributed by atoms with Gasteiger partial charge in [0.2, 0.25) is 0 Å². The zero-order chi connectivity index (χ0) is 15.1. The van der Waals surface area contributed by atoms with Crippen molar-refractivity contribution in [3.8, 4) is 0 Å². The Labute approximate surface area is 129 Å². The second kappa shape index (κ2) is 8.78.